The summed E-state index contributed by atoms with van der Waals surface area (Å²) in [6, 6.07) is 97.5. The van der Waals surface area contributed by atoms with Crippen molar-refractivity contribution in [3.63, 3.8) is 0 Å². The van der Waals surface area contributed by atoms with Crippen molar-refractivity contribution in [2.45, 2.75) is 192 Å². The number of aryl methyl sites for hydroxylation is 4. The van der Waals surface area contributed by atoms with Crippen LogP contribution in [0.3, 0.4) is 0 Å². The van der Waals surface area contributed by atoms with Gasteiger partial charge in [-0.3, -0.25) is 10.1 Å². The normalized spacial score (nSPS) is 11.1. The summed E-state index contributed by atoms with van der Waals surface area (Å²) in [4.78, 5) is 10.2. The summed E-state index contributed by atoms with van der Waals surface area (Å²) in [5.41, 5.74) is 17.4. The second kappa shape index (κ2) is 43.3. The van der Waals surface area contributed by atoms with Crippen LogP contribution in [0.1, 0.15) is 230 Å². The van der Waals surface area contributed by atoms with Crippen molar-refractivity contribution in [3.8, 4) is 28.7 Å². The fraction of sp³-hybridized carbons (Fsp3) is 0.294. The smallest absolute Gasteiger partial charge is 0.272 e. The van der Waals surface area contributed by atoms with E-state index in [2.05, 4.69) is 313 Å². The minimum Gasteiger partial charge on any atom is -0.489 e. The highest BCUT2D eigenvalue weighted by Gasteiger charge is 2.17. The Labute approximate surface area is 653 Å². The molecule has 0 unspecified atom stereocenters. The van der Waals surface area contributed by atoms with Gasteiger partial charge in [-0.05, 0) is 223 Å². The molecule has 0 radical (unpaired) electrons. The van der Waals surface area contributed by atoms with Gasteiger partial charge in [0.25, 0.3) is 5.69 Å². The molecule has 0 spiro atoms. The Kier molecular flexibility index (Phi) is 34.0. The molecule has 1 aliphatic rings. The van der Waals surface area contributed by atoms with Gasteiger partial charge in [-0.1, -0.05) is 341 Å². The molecule has 0 aliphatic carbocycles. The van der Waals surface area contributed by atoms with E-state index in [-0.39, 0.29) is 16.5 Å². The lowest BCUT2D eigenvalue weighted by Gasteiger charge is -2.14. The molecule has 7 nitrogen and oxygen atoms in total. The highest BCUT2D eigenvalue weighted by molar-refractivity contribution is 6.02. The molecule has 0 bridgehead atoms. The van der Waals surface area contributed by atoms with Crippen LogP contribution in [0.5, 0.6) is 28.7 Å². The third kappa shape index (κ3) is 26.3. The Hall–Kier alpha value is -10.8. The van der Waals surface area contributed by atoms with E-state index in [4.69, 9.17) is 18.9 Å². The van der Waals surface area contributed by atoms with Gasteiger partial charge in [-0.15, -0.1) is 0 Å². The summed E-state index contributed by atoms with van der Waals surface area (Å²) in [6.45, 7) is 44.6. The third-order valence-electron chi connectivity index (χ3n) is 19.2. The SMILES string of the molecule is CC(C)c1c2ccccc2cc2ccccc12.CC(C)c1ccc2c(c1)OCO2.CC(C)c1cccc(Oc2ccccc2)c1.CC(C)c1ccccc1[N+](=O)[O-].Cc1cc(C(C)C)ccc1OCc1ccccc1.Cc1ccc2ccccc2c1C(C)C.Cc1ccccc1C(C)C.Cc1ccccc1C(C)C. The minimum absolute atomic E-state index is 0.201. The zero-order valence-electron chi connectivity index (χ0n) is 68.6. The summed E-state index contributed by atoms with van der Waals surface area (Å²) in [5, 5.41) is 18.8. The fourth-order valence-corrected chi connectivity index (χ4v) is 13.2. The number of ether oxygens (including phenoxy) is 4. The summed E-state index contributed by atoms with van der Waals surface area (Å²) in [6.07, 6.45) is 0. The molecule has 0 aromatic heterocycles. The van der Waals surface area contributed by atoms with Crippen molar-refractivity contribution in [3.05, 3.63) is 368 Å². The van der Waals surface area contributed by atoms with Crippen LogP contribution in [0.2, 0.25) is 0 Å². The molecule has 0 amide bonds. The zero-order chi connectivity index (χ0) is 79.1. The topological polar surface area (TPSA) is 80.1 Å². The van der Waals surface area contributed by atoms with E-state index >= 15 is 0 Å². The van der Waals surface area contributed by atoms with Gasteiger partial charge in [0.2, 0.25) is 6.79 Å². The number of benzene rings is 13. The maximum absolute atomic E-state index is 10.5. The van der Waals surface area contributed by atoms with E-state index in [0.29, 0.717) is 54.8 Å². The number of fused-ring (bicyclic) bond motifs is 4. The van der Waals surface area contributed by atoms with E-state index in [1.807, 2.05) is 92.7 Å². The maximum atomic E-state index is 10.5. The molecule has 13 aromatic rings. The maximum Gasteiger partial charge on any atom is 0.272 e. The molecule has 0 saturated heterocycles. The molecule has 0 fully saturated rings. The van der Waals surface area contributed by atoms with Gasteiger partial charge in [0.1, 0.15) is 23.9 Å². The molecular formula is C102H119NO6. The van der Waals surface area contributed by atoms with Gasteiger partial charge in [0, 0.05) is 11.6 Å². The molecule has 0 atom stereocenters. The van der Waals surface area contributed by atoms with Gasteiger partial charge >= 0.3 is 0 Å². The first-order valence-corrected chi connectivity index (χ1v) is 38.9. The number of nitro groups is 1. The van der Waals surface area contributed by atoms with Crippen LogP contribution >= 0.6 is 0 Å². The van der Waals surface area contributed by atoms with Crippen molar-refractivity contribution in [1.29, 1.82) is 0 Å². The van der Waals surface area contributed by atoms with Crippen LogP contribution in [0.25, 0.3) is 32.3 Å². The lowest BCUT2D eigenvalue weighted by atomic mass is 9.90. The molecule has 109 heavy (non-hydrogen) atoms. The molecule has 0 N–H and O–H groups in total. The number of hydrogen-bond donors (Lipinski definition) is 0. The van der Waals surface area contributed by atoms with Crippen molar-refractivity contribution < 1.29 is 23.9 Å². The zero-order valence-corrected chi connectivity index (χ0v) is 68.6. The standard InChI is InChI=1S/C17H20O.C17H16.C15H16O.C14H16.C10H12O2.2C10H14.C9H11NO2/c1-13(2)16-9-10-17(14(3)11-16)18-12-15-7-5-4-6-8-15;1-12(2)17-15-9-5-3-7-13(15)11-14-8-4-6-10-16(14)17;1-12(2)13-7-6-10-15(11-13)16-14-8-4-3-5-9-14;1-10(2)14-11(3)8-9-12-6-4-5-7-13(12)14;1-7(2)8-3-4-9-10(5-8)12-6-11-9;2*1-8(2)10-7-5-4-6-9(10)3;1-7(2)8-5-3-4-6-9(8)10(11)12/h4-11,13H,12H2,1-3H3;3-12H,1-2H3;3-12H,1-2H3;4-10H,1-3H3;3-5,7H,6H2,1-2H3;2*4-8H,1-3H3;3-7H,1-2H3. The van der Waals surface area contributed by atoms with Gasteiger partial charge in [0.05, 0.1) is 4.92 Å². The van der Waals surface area contributed by atoms with Crippen LogP contribution in [-0.2, 0) is 6.61 Å². The molecule has 0 saturated carbocycles. The Balaban J connectivity index is 0.000000175. The Morgan fingerprint density at radius 1 is 0.330 bits per heavy atom. The number of nitro benzene ring substituents is 1. The van der Waals surface area contributed by atoms with Crippen molar-refractivity contribution in [2.24, 2.45) is 0 Å². The van der Waals surface area contributed by atoms with Crippen LogP contribution < -0.4 is 18.9 Å². The quantitative estimate of drug-likeness (QED) is 0.0613. The van der Waals surface area contributed by atoms with E-state index in [9.17, 15) is 10.1 Å². The predicted octanol–water partition coefficient (Wildman–Crippen LogP) is 30.2. The summed E-state index contributed by atoms with van der Waals surface area (Å²) >= 11 is 0. The second-order valence-electron chi connectivity index (χ2n) is 30.4. The highest BCUT2D eigenvalue weighted by atomic mass is 16.7. The molecular weight excluding hydrogens is 1340 g/mol. The van der Waals surface area contributed by atoms with Crippen molar-refractivity contribution >= 4 is 38.0 Å². The Morgan fingerprint density at radius 3 is 1.25 bits per heavy atom. The Bertz CT molecular complexity index is 4810. The Morgan fingerprint density at radius 2 is 0.761 bits per heavy atom. The molecule has 13 aromatic carbocycles. The lowest BCUT2D eigenvalue weighted by Crippen LogP contribution is -1.98. The number of nitrogens with zero attached hydrogens (tertiary/aromatic N) is 1. The number of rotatable bonds is 14. The predicted molar refractivity (Wildman–Crippen MR) is 466 cm³/mol. The van der Waals surface area contributed by atoms with Gasteiger partial charge < -0.3 is 18.9 Å². The second-order valence-corrected chi connectivity index (χ2v) is 30.4. The van der Waals surface area contributed by atoms with E-state index < -0.39 is 0 Å². The fourth-order valence-electron chi connectivity index (χ4n) is 13.2. The van der Waals surface area contributed by atoms with Crippen LogP contribution in [-0.4, -0.2) is 11.7 Å². The average molecular weight is 1460 g/mol. The van der Waals surface area contributed by atoms with Crippen molar-refractivity contribution in [2.75, 3.05) is 6.79 Å². The van der Waals surface area contributed by atoms with Crippen molar-refractivity contribution in [1.82, 2.24) is 0 Å². The summed E-state index contributed by atoms with van der Waals surface area (Å²) in [5.74, 6) is 8.77. The summed E-state index contributed by atoms with van der Waals surface area (Å²) < 4.78 is 22.1. The highest BCUT2D eigenvalue weighted by Crippen LogP contribution is 2.37. The number of para-hydroxylation sites is 2. The van der Waals surface area contributed by atoms with Gasteiger partial charge in [-0.2, -0.15) is 0 Å². The van der Waals surface area contributed by atoms with E-state index in [1.165, 1.54) is 105 Å². The molecule has 1 heterocycles. The van der Waals surface area contributed by atoms with Crippen LogP contribution in [0.4, 0.5) is 5.69 Å². The van der Waals surface area contributed by atoms with Crippen LogP contribution in [0.15, 0.2) is 285 Å². The minimum atomic E-state index is -0.338. The molecule has 7 heteroatoms. The largest absolute Gasteiger partial charge is 0.489 e. The lowest BCUT2D eigenvalue weighted by molar-refractivity contribution is -0.385. The number of hydrogen-bond acceptors (Lipinski definition) is 6. The van der Waals surface area contributed by atoms with Crippen LogP contribution in [0, 0.1) is 37.8 Å². The van der Waals surface area contributed by atoms with E-state index in [0.717, 1.165) is 34.3 Å². The first kappa shape index (κ1) is 85.5. The first-order valence-electron chi connectivity index (χ1n) is 38.9. The molecule has 568 valence electrons. The first-order chi connectivity index (χ1) is 52.2. The molecule has 14 rings (SSSR count). The molecule has 1 aliphatic heterocycles. The third-order valence-corrected chi connectivity index (χ3v) is 19.2. The summed E-state index contributed by atoms with van der Waals surface area (Å²) in [7, 11) is 0. The average Bonchev–Trinajstić information content (AvgIpc) is 1.67. The van der Waals surface area contributed by atoms with Gasteiger partial charge in [0.15, 0.2) is 11.5 Å². The van der Waals surface area contributed by atoms with Gasteiger partial charge in [-0.25, -0.2) is 0 Å². The monoisotopic (exact) mass is 1450 g/mol. The van der Waals surface area contributed by atoms with E-state index in [1.54, 1.807) is 12.1 Å².